The topological polar surface area (TPSA) is 95.1 Å². The third-order valence-corrected chi connectivity index (χ3v) is 2.19. The van der Waals surface area contributed by atoms with E-state index < -0.39 is 0 Å². The van der Waals surface area contributed by atoms with Gasteiger partial charge in [0.15, 0.2) is 6.61 Å². The molecule has 0 fully saturated rings. The second-order valence-electron chi connectivity index (χ2n) is 3.62. The van der Waals surface area contributed by atoms with Gasteiger partial charge < -0.3 is 10.5 Å². The van der Waals surface area contributed by atoms with E-state index in [9.17, 15) is 4.79 Å². The van der Waals surface area contributed by atoms with Crippen LogP contribution in [-0.4, -0.2) is 27.3 Å². The smallest absolute Gasteiger partial charge is 0.264 e. The number of nitrogens with two attached hydrogens (primary N) is 1. The molecule has 0 radical (unpaired) electrons. The number of benzene rings is 1. The number of rotatable bonds is 4. The molecule has 0 aliphatic heterocycles. The number of hydrogen-bond acceptors (Lipinski definition) is 5. The fourth-order valence-corrected chi connectivity index (χ4v) is 1.32. The molecule has 1 amide bonds. The minimum absolute atomic E-state index is 0.115. The highest BCUT2D eigenvalue weighted by Crippen LogP contribution is 2.14. The second kappa shape index (κ2) is 5.17. The monoisotopic (exact) mass is 247 g/mol. The summed E-state index contributed by atoms with van der Waals surface area (Å²) in [7, 11) is 1.68. The van der Waals surface area contributed by atoms with Gasteiger partial charge in [-0.15, -0.1) is 0 Å². The molecule has 0 aliphatic rings. The zero-order valence-corrected chi connectivity index (χ0v) is 9.83. The standard InChI is InChI=1S/C11H13N5O2/c1-16-11(13-7-14-16)15-10(17)6-18-9-4-2-3-8(12)5-9/h2-5,7H,6,12H2,1H3,(H,13,14,15,17). The summed E-state index contributed by atoms with van der Waals surface area (Å²) < 4.78 is 6.74. The highest BCUT2D eigenvalue weighted by atomic mass is 16.5. The Morgan fingerprint density at radius 2 is 2.39 bits per heavy atom. The molecule has 0 atom stereocenters. The third-order valence-electron chi connectivity index (χ3n) is 2.19. The zero-order valence-electron chi connectivity index (χ0n) is 9.83. The Kier molecular flexibility index (Phi) is 3.42. The highest BCUT2D eigenvalue weighted by molar-refractivity contribution is 5.90. The molecule has 1 aromatic carbocycles. The van der Waals surface area contributed by atoms with Gasteiger partial charge in [0.1, 0.15) is 12.1 Å². The molecule has 0 unspecified atom stereocenters. The van der Waals surface area contributed by atoms with Gasteiger partial charge in [-0.3, -0.25) is 10.1 Å². The molecule has 7 nitrogen and oxygen atoms in total. The first-order valence-corrected chi connectivity index (χ1v) is 5.27. The van der Waals surface area contributed by atoms with Crippen LogP contribution in [-0.2, 0) is 11.8 Å². The number of amides is 1. The van der Waals surface area contributed by atoms with Crippen molar-refractivity contribution in [3.8, 4) is 5.75 Å². The predicted molar refractivity (Wildman–Crippen MR) is 66.0 cm³/mol. The summed E-state index contributed by atoms with van der Waals surface area (Å²) in [6.07, 6.45) is 1.36. The Hall–Kier alpha value is -2.57. The molecule has 1 aromatic heterocycles. The SMILES string of the molecule is Cn1ncnc1NC(=O)COc1cccc(N)c1. The van der Waals surface area contributed by atoms with E-state index in [0.717, 1.165) is 0 Å². The number of aryl methyl sites for hydroxylation is 1. The van der Waals surface area contributed by atoms with Crippen molar-refractivity contribution in [3.05, 3.63) is 30.6 Å². The molecule has 0 aliphatic carbocycles. The summed E-state index contributed by atoms with van der Waals surface area (Å²) >= 11 is 0. The van der Waals surface area contributed by atoms with E-state index in [-0.39, 0.29) is 12.5 Å². The van der Waals surface area contributed by atoms with Crippen LogP contribution in [0, 0.1) is 0 Å². The molecule has 18 heavy (non-hydrogen) atoms. The van der Waals surface area contributed by atoms with Gasteiger partial charge in [-0.2, -0.15) is 10.1 Å². The molecule has 2 aromatic rings. The molecular formula is C11H13N5O2. The number of aromatic nitrogens is 3. The summed E-state index contributed by atoms with van der Waals surface area (Å²) in [6, 6.07) is 6.87. The van der Waals surface area contributed by atoms with Crippen molar-refractivity contribution in [2.75, 3.05) is 17.7 Å². The lowest BCUT2D eigenvalue weighted by Crippen LogP contribution is -2.22. The number of anilines is 2. The first-order chi connectivity index (χ1) is 8.65. The number of nitrogens with one attached hydrogen (secondary N) is 1. The van der Waals surface area contributed by atoms with E-state index in [1.165, 1.54) is 11.0 Å². The molecule has 7 heteroatoms. The van der Waals surface area contributed by atoms with E-state index >= 15 is 0 Å². The van der Waals surface area contributed by atoms with Gasteiger partial charge in [-0.1, -0.05) is 6.07 Å². The second-order valence-corrected chi connectivity index (χ2v) is 3.62. The summed E-state index contributed by atoms with van der Waals surface area (Å²) in [6.45, 7) is -0.115. The Bertz CT molecular complexity index is 552. The normalized spacial score (nSPS) is 10.1. The molecule has 0 spiro atoms. The lowest BCUT2D eigenvalue weighted by Gasteiger charge is -2.07. The first-order valence-electron chi connectivity index (χ1n) is 5.27. The number of ether oxygens (including phenoxy) is 1. The van der Waals surface area contributed by atoms with E-state index in [2.05, 4.69) is 15.4 Å². The Balaban J connectivity index is 1.87. The highest BCUT2D eigenvalue weighted by Gasteiger charge is 2.07. The molecule has 94 valence electrons. The van der Waals surface area contributed by atoms with Crippen LogP contribution in [0.3, 0.4) is 0 Å². The fourth-order valence-electron chi connectivity index (χ4n) is 1.32. The molecule has 1 heterocycles. The van der Waals surface area contributed by atoms with Gasteiger partial charge in [0.05, 0.1) is 0 Å². The Morgan fingerprint density at radius 3 is 3.06 bits per heavy atom. The van der Waals surface area contributed by atoms with E-state index in [4.69, 9.17) is 10.5 Å². The number of nitrogens with zero attached hydrogens (tertiary/aromatic N) is 3. The minimum atomic E-state index is -0.312. The van der Waals surface area contributed by atoms with Crippen molar-refractivity contribution in [1.82, 2.24) is 14.8 Å². The van der Waals surface area contributed by atoms with Crippen molar-refractivity contribution in [2.24, 2.45) is 7.05 Å². The average Bonchev–Trinajstić information content (AvgIpc) is 2.73. The molecule has 0 saturated heterocycles. The predicted octanol–water partition coefficient (Wildman–Crippen LogP) is 0.415. The fraction of sp³-hybridized carbons (Fsp3) is 0.182. The van der Waals surface area contributed by atoms with Gasteiger partial charge in [0.25, 0.3) is 5.91 Å². The molecule has 2 rings (SSSR count). The van der Waals surface area contributed by atoms with Gasteiger partial charge >= 0.3 is 0 Å². The van der Waals surface area contributed by atoms with Crippen molar-refractivity contribution in [2.45, 2.75) is 0 Å². The maximum atomic E-state index is 11.6. The van der Waals surface area contributed by atoms with Crippen LogP contribution in [0.25, 0.3) is 0 Å². The number of carbonyl (C=O) groups excluding carboxylic acids is 1. The average molecular weight is 247 g/mol. The lowest BCUT2D eigenvalue weighted by atomic mass is 10.3. The van der Waals surface area contributed by atoms with Crippen LogP contribution in [0.2, 0.25) is 0 Å². The molecule has 3 N–H and O–H groups in total. The maximum Gasteiger partial charge on any atom is 0.264 e. The zero-order chi connectivity index (χ0) is 13.0. The first kappa shape index (κ1) is 11.9. The van der Waals surface area contributed by atoms with Crippen molar-refractivity contribution in [3.63, 3.8) is 0 Å². The van der Waals surface area contributed by atoms with E-state index in [1.807, 2.05) is 0 Å². The number of nitrogen functional groups attached to an aromatic ring is 1. The van der Waals surface area contributed by atoms with Crippen LogP contribution >= 0.6 is 0 Å². The molecular weight excluding hydrogens is 234 g/mol. The largest absolute Gasteiger partial charge is 0.484 e. The summed E-state index contributed by atoms with van der Waals surface area (Å²) in [5.41, 5.74) is 6.18. The van der Waals surface area contributed by atoms with Crippen LogP contribution < -0.4 is 15.8 Å². The summed E-state index contributed by atoms with van der Waals surface area (Å²) in [4.78, 5) is 15.4. The van der Waals surface area contributed by atoms with Crippen LogP contribution in [0.5, 0.6) is 5.75 Å². The van der Waals surface area contributed by atoms with Crippen LogP contribution in [0.15, 0.2) is 30.6 Å². The summed E-state index contributed by atoms with van der Waals surface area (Å²) in [5.74, 6) is 0.604. The van der Waals surface area contributed by atoms with Crippen molar-refractivity contribution < 1.29 is 9.53 Å². The summed E-state index contributed by atoms with van der Waals surface area (Å²) in [5, 5.41) is 6.40. The Morgan fingerprint density at radius 1 is 1.56 bits per heavy atom. The van der Waals surface area contributed by atoms with Gasteiger partial charge in [-0.05, 0) is 12.1 Å². The van der Waals surface area contributed by atoms with Crippen LogP contribution in [0.4, 0.5) is 11.6 Å². The minimum Gasteiger partial charge on any atom is -0.484 e. The van der Waals surface area contributed by atoms with Crippen molar-refractivity contribution >= 4 is 17.5 Å². The lowest BCUT2D eigenvalue weighted by molar-refractivity contribution is -0.118. The van der Waals surface area contributed by atoms with Gasteiger partial charge in [0, 0.05) is 18.8 Å². The quantitative estimate of drug-likeness (QED) is 0.763. The molecule has 0 saturated carbocycles. The van der Waals surface area contributed by atoms with Gasteiger partial charge in [0.2, 0.25) is 5.95 Å². The van der Waals surface area contributed by atoms with Crippen molar-refractivity contribution in [1.29, 1.82) is 0 Å². The number of hydrogen-bond donors (Lipinski definition) is 2. The Labute approximate surface area is 104 Å². The van der Waals surface area contributed by atoms with E-state index in [0.29, 0.717) is 17.4 Å². The van der Waals surface area contributed by atoms with Crippen LogP contribution in [0.1, 0.15) is 0 Å². The van der Waals surface area contributed by atoms with Gasteiger partial charge in [-0.25, -0.2) is 4.68 Å². The van der Waals surface area contributed by atoms with E-state index in [1.54, 1.807) is 31.3 Å². The maximum absolute atomic E-state index is 11.6. The third kappa shape index (κ3) is 2.97. The number of carbonyl (C=O) groups is 1. The molecule has 0 bridgehead atoms.